The van der Waals surface area contributed by atoms with Gasteiger partial charge in [0, 0.05) is 18.1 Å². The molecule has 0 saturated heterocycles. The van der Waals surface area contributed by atoms with E-state index in [-0.39, 0.29) is 18.0 Å². The van der Waals surface area contributed by atoms with Crippen LogP contribution in [0.1, 0.15) is 51.0 Å². The molecule has 3 N–H and O–H groups in total. The summed E-state index contributed by atoms with van der Waals surface area (Å²) in [6.07, 6.45) is 2.18. The van der Waals surface area contributed by atoms with E-state index in [4.69, 9.17) is 0 Å². The van der Waals surface area contributed by atoms with Crippen LogP contribution in [-0.2, 0) is 14.4 Å². The van der Waals surface area contributed by atoms with Crippen molar-refractivity contribution in [1.82, 2.24) is 20.9 Å². The molecule has 1 aromatic heterocycles. The number of ketones is 1. The highest BCUT2D eigenvalue weighted by molar-refractivity contribution is 6.38. The number of likely N-dealkylation sites (N-methyl/N-ethyl adjacent to an activating group) is 1. The summed E-state index contributed by atoms with van der Waals surface area (Å²) in [5.41, 5.74) is 0.227. The standard InChI is InChI=1S/C23H30N4O4/c1-5-17(20(28)23(31)24-6-2)26-21(29)18(13-14(3)4)27-22(30)19-16-10-8-7-9-15(16)11-12-25-19/h7-12,14,17-18H,5-6,13H2,1-4H3,(H,24,31)(H,26,29)(H,27,30). The third-order valence-electron chi connectivity index (χ3n) is 4.82. The van der Waals surface area contributed by atoms with E-state index >= 15 is 0 Å². The zero-order valence-corrected chi connectivity index (χ0v) is 18.4. The first-order chi connectivity index (χ1) is 14.8. The minimum Gasteiger partial charge on any atom is -0.350 e. The number of nitrogens with one attached hydrogen (secondary N) is 3. The van der Waals surface area contributed by atoms with Crippen molar-refractivity contribution >= 4 is 34.3 Å². The second-order valence-electron chi connectivity index (χ2n) is 7.73. The number of benzene rings is 1. The van der Waals surface area contributed by atoms with E-state index in [0.29, 0.717) is 18.4 Å². The number of hydrogen-bond acceptors (Lipinski definition) is 5. The number of Topliss-reactive ketones (excluding diaryl/α,β-unsaturated/α-hetero) is 1. The number of amides is 3. The van der Waals surface area contributed by atoms with Crippen LogP contribution in [0.2, 0.25) is 0 Å². The van der Waals surface area contributed by atoms with Crippen molar-refractivity contribution in [3.8, 4) is 0 Å². The molecule has 2 atom stereocenters. The van der Waals surface area contributed by atoms with E-state index in [1.165, 1.54) is 0 Å². The maximum absolute atomic E-state index is 13.0. The van der Waals surface area contributed by atoms with E-state index in [1.54, 1.807) is 26.1 Å². The van der Waals surface area contributed by atoms with Gasteiger partial charge in [0.15, 0.2) is 0 Å². The van der Waals surface area contributed by atoms with E-state index in [0.717, 1.165) is 5.39 Å². The predicted molar refractivity (Wildman–Crippen MR) is 118 cm³/mol. The van der Waals surface area contributed by atoms with Gasteiger partial charge in [0.25, 0.3) is 11.8 Å². The number of carbonyl (C=O) groups excluding carboxylic acids is 4. The Morgan fingerprint density at radius 3 is 2.32 bits per heavy atom. The van der Waals surface area contributed by atoms with Gasteiger partial charge in [0.2, 0.25) is 11.7 Å². The van der Waals surface area contributed by atoms with Gasteiger partial charge in [0.1, 0.15) is 11.7 Å². The average molecular weight is 427 g/mol. The van der Waals surface area contributed by atoms with Crippen molar-refractivity contribution in [2.75, 3.05) is 6.54 Å². The lowest BCUT2D eigenvalue weighted by Gasteiger charge is -2.23. The quantitative estimate of drug-likeness (QED) is 0.502. The van der Waals surface area contributed by atoms with Gasteiger partial charge >= 0.3 is 0 Å². The first-order valence-electron chi connectivity index (χ1n) is 10.5. The van der Waals surface area contributed by atoms with Gasteiger partial charge in [-0.2, -0.15) is 0 Å². The summed E-state index contributed by atoms with van der Waals surface area (Å²) in [7, 11) is 0. The summed E-state index contributed by atoms with van der Waals surface area (Å²) in [6, 6.07) is 7.35. The molecular formula is C23H30N4O4. The molecule has 8 heteroatoms. The van der Waals surface area contributed by atoms with Gasteiger partial charge in [0.05, 0.1) is 6.04 Å². The largest absolute Gasteiger partial charge is 0.350 e. The molecule has 0 saturated carbocycles. The second kappa shape index (κ2) is 11.2. The summed E-state index contributed by atoms with van der Waals surface area (Å²) in [5, 5.41) is 9.37. The number of fused-ring (bicyclic) bond motifs is 1. The van der Waals surface area contributed by atoms with Crippen molar-refractivity contribution < 1.29 is 19.2 Å². The number of hydrogen-bond donors (Lipinski definition) is 3. The lowest BCUT2D eigenvalue weighted by molar-refractivity contribution is -0.140. The highest BCUT2D eigenvalue weighted by atomic mass is 16.2. The lowest BCUT2D eigenvalue weighted by atomic mass is 10.0. The summed E-state index contributed by atoms with van der Waals surface area (Å²) in [5.74, 6) is -2.31. The summed E-state index contributed by atoms with van der Waals surface area (Å²) >= 11 is 0. The third kappa shape index (κ3) is 6.34. The lowest BCUT2D eigenvalue weighted by Crippen LogP contribution is -2.54. The van der Waals surface area contributed by atoms with Crippen molar-refractivity contribution in [3.05, 3.63) is 42.2 Å². The van der Waals surface area contributed by atoms with Gasteiger partial charge in [-0.1, -0.05) is 45.0 Å². The van der Waals surface area contributed by atoms with E-state index in [1.807, 2.05) is 38.1 Å². The molecule has 1 aromatic carbocycles. The molecule has 166 valence electrons. The van der Waals surface area contributed by atoms with Gasteiger partial charge in [-0.25, -0.2) is 0 Å². The maximum atomic E-state index is 13.0. The first-order valence-corrected chi connectivity index (χ1v) is 10.5. The summed E-state index contributed by atoms with van der Waals surface area (Å²) in [6.45, 7) is 7.59. The Bertz CT molecular complexity index is 952. The zero-order chi connectivity index (χ0) is 23.0. The van der Waals surface area contributed by atoms with Crippen LogP contribution in [0.5, 0.6) is 0 Å². The SMILES string of the molecule is CCNC(=O)C(=O)C(CC)NC(=O)C(CC(C)C)NC(=O)c1nccc2ccccc12. The number of pyridine rings is 1. The highest BCUT2D eigenvalue weighted by Crippen LogP contribution is 2.17. The maximum Gasteiger partial charge on any atom is 0.289 e. The second-order valence-corrected chi connectivity index (χ2v) is 7.73. The Morgan fingerprint density at radius 1 is 0.968 bits per heavy atom. The van der Waals surface area contributed by atoms with Gasteiger partial charge in [-0.15, -0.1) is 0 Å². The predicted octanol–water partition coefficient (Wildman–Crippen LogP) is 1.98. The molecule has 3 amide bonds. The molecule has 8 nitrogen and oxygen atoms in total. The van der Waals surface area contributed by atoms with Crippen LogP contribution in [0.4, 0.5) is 0 Å². The molecule has 0 aliphatic carbocycles. The number of rotatable bonds is 10. The Kier molecular flexibility index (Phi) is 8.66. The van der Waals surface area contributed by atoms with Crippen molar-refractivity contribution in [2.24, 2.45) is 5.92 Å². The molecule has 0 radical (unpaired) electrons. The number of carbonyl (C=O) groups is 4. The minimum atomic E-state index is -0.957. The Hall–Kier alpha value is -3.29. The van der Waals surface area contributed by atoms with Crippen molar-refractivity contribution in [2.45, 2.75) is 52.6 Å². The summed E-state index contributed by atoms with van der Waals surface area (Å²) < 4.78 is 0. The molecule has 0 aliphatic rings. The van der Waals surface area contributed by atoms with Crippen LogP contribution < -0.4 is 16.0 Å². The molecule has 0 aliphatic heterocycles. The molecule has 1 heterocycles. The topological polar surface area (TPSA) is 117 Å². The summed E-state index contributed by atoms with van der Waals surface area (Å²) in [4.78, 5) is 54.3. The fraction of sp³-hybridized carbons (Fsp3) is 0.435. The molecule has 0 fully saturated rings. The van der Waals surface area contributed by atoms with Crippen LogP contribution >= 0.6 is 0 Å². The van der Waals surface area contributed by atoms with Crippen molar-refractivity contribution in [1.29, 1.82) is 0 Å². The van der Waals surface area contributed by atoms with E-state index < -0.39 is 35.6 Å². The monoisotopic (exact) mass is 426 g/mol. The Balaban J connectivity index is 2.20. The average Bonchev–Trinajstić information content (AvgIpc) is 2.75. The van der Waals surface area contributed by atoms with Crippen LogP contribution in [-0.4, -0.2) is 47.1 Å². The fourth-order valence-electron chi connectivity index (χ4n) is 3.26. The number of aromatic nitrogens is 1. The Morgan fingerprint density at radius 2 is 1.68 bits per heavy atom. The van der Waals surface area contributed by atoms with Gasteiger partial charge in [-0.05, 0) is 37.1 Å². The molecule has 0 spiro atoms. The number of nitrogens with zero attached hydrogens (tertiary/aromatic N) is 1. The molecule has 2 aromatic rings. The van der Waals surface area contributed by atoms with Crippen LogP contribution in [0, 0.1) is 5.92 Å². The van der Waals surface area contributed by atoms with Crippen molar-refractivity contribution in [3.63, 3.8) is 0 Å². The molecule has 0 bridgehead atoms. The van der Waals surface area contributed by atoms with Crippen LogP contribution in [0.15, 0.2) is 36.5 Å². The zero-order valence-electron chi connectivity index (χ0n) is 18.4. The minimum absolute atomic E-state index is 0.107. The Labute approximate surface area is 182 Å². The highest BCUT2D eigenvalue weighted by Gasteiger charge is 2.29. The van der Waals surface area contributed by atoms with Gasteiger partial charge < -0.3 is 16.0 Å². The first kappa shape index (κ1) is 24.0. The molecule has 31 heavy (non-hydrogen) atoms. The fourth-order valence-corrected chi connectivity index (χ4v) is 3.26. The van der Waals surface area contributed by atoms with E-state index in [9.17, 15) is 19.2 Å². The smallest absolute Gasteiger partial charge is 0.289 e. The molecular weight excluding hydrogens is 396 g/mol. The van der Waals surface area contributed by atoms with Crippen LogP contribution in [0.25, 0.3) is 10.8 Å². The van der Waals surface area contributed by atoms with E-state index in [2.05, 4.69) is 20.9 Å². The van der Waals surface area contributed by atoms with Crippen LogP contribution in [0.3, 0.4) is 0 Å². The normalized spacial score (nSPS) is 12.8. The van der Waals surface area contributed by atoms with Gasteiger partial charge in [-0.3, -0.25) is 24.2 Å². The third-order valence-corrected chi connectivity index (χ3v) is 4.82. The molecule has 2 unspecified atom stereocenters. The molecule has 2 rings (SSSR count).